The molecule has 2 aromatic rings. The molecule has 0 fully saturated rings. The highest BCUT2D eigenvalue weighted by Crippen LogP contribution is 2.29. The topological polar surface area (TPSA) is 26.0 Å². The quantitative estimate of drug-likeness (QED) is 0.720. The first kappa shape index (κ1) is 15.7. The highest BCUT2D eigenvalue weighted by Gasteiger charge is 2.19. The fourth-order valence-electron chi connectivity index (χ4n) is 1.91. The average Bonchev–Trinajstić information content (AvgIpc) is 2.39. The molecule has 1 atom stereocenters. The van der Waals surface area contributed by atoms with Gasteiger partial charge in [0.2, 0.25) is 0 Å². The van der Waals surface area contributed by atoms with Gasteiger partial charge >= 0.3 is 0 Å². The summed E-state index contributed by atoms with van der Waals surface area (Å²) in [5.41, 5.74) is 6.52. The zero-order valence-corrected chi connectivity index (χ0v) is 13.2. The SMILES string of the molecule is NC(Cc1ccc(Cl)c(Cl)c1)c1c(F)ccc(Br)c1F. The van der Waals surface area contributed by atoms with Crippen LogP contribution in [-0.2, 0) is 6.42 Å². The minimum Gasteiger partial charge on any atom is -0.323 e. The first-order valence-electron chi connectivity index (χ1n) is 5.73. The largest absolute Gasteiger partial charge is 0.323 e. The Hall–Kier alpha value is -0.680. The standard InChI is InChI=1S/C14H10BrCl2F2N/c15-8-2-4-11(18)13(14(8)19)12(20)6-7-1-3-9(16)10(17)5-7/h1-5,12H,6,20H2. The molecule has 0 aliphatic heterocycles. The van der Waals surface area contributed by atoms with Gasteiger partial charge in [-0.1, -0.05) is 29.3 Å². The van der Waals surface area contributed by atoms with Gasteiger partial charge in [-0.3, -0.25) is 0 Å². The van der Waals surface area contributed by atoms with Crippen LogP contribution >= 0.6 is 39.1 Å². The van der Waals surface area contributed by atoms with Crippen molar-refractivity contribution in [1.29, 1.82) is 0 Å². The van der Waals surface area contributed by atoms with Crippen LogP contribution in [0.15, 0.2) is 34.8 Å². The molecule has 106 valence electrons. The summed E-state index contributed by atoms with van der Waals surface area (Å²) < 4.78 is 27.9. The van der Waals surface area contributed by atoms with Gasteiger partial charge in [-0.2, -0.15) is 0 Å². The van der Waals surface area contributed by atoms with Crippen LogP contribution in [0.4, 0.5) is 8.78 Å². The molecule has 1 nitrogen and oxygen atoms in total. The van der Waals surface area contributed by atoms with E-state index in [1.807, 2.05) is 0 Å². The molecule has 2 N–H and O–H groups in total. The van der Waals surface area contributed by atoms with Crippen LogP contribution < -0.4 is 5.73 Å². The Morgan fingerprint density at radius 3 is 2.45 bits per heavy atom. The van der Waals surface area contributed by atoms with Crippen LogP contribution in [0.2, 0.25) is 10.0 Å². The second-order valence-corrected chi connectivity index (χ2v) is 5.98. The van der Waals surface area contributed by atoms with Crippen LogP contribution in [-0.4, -0.2) is 0 Å². The van der Waals surface area contributed by atoms with Gasteiger partial charge in [-0.05, 0) is 52.2 Å². The summed E-state index contributed by atoms with van der Waals surface area (Å²) in [6.45, 7) is 0. The number of rotatable bonds is 3. The second-order valence-electron chi connectivity index (χ2n) is 4.32. The number of benzene rings is 2. The molecule has 0 spiro atoms. The normalized spacial score (nSPS) is 12.5. The smallest absolute Gasteiger partial charge is 0.145 e. The highest BCUT2D eigenvalue weighted by molar-refractivity contribution is 9.10. The molecular formula is C14H10BrCl2F2N. The molecule has 0 aliphatic carbocycles. The first-order valence-corrected chi connectivity index (χ1v) is 7.28. The van der Waals surface area contributed by atoms with Crippen LogP contribution in [0.5, 0.6) is 0 Å². The van der Waals surface area contributed by atoms with E-state index in [0.29, 0.717) is 10.0 Å². The lowest BCUT2D eigenvalue weighted by Gasteiger charge is -2.15. The van der Waals surface area contributed by atoms with Crippen molar-refractivity contribution in [1.82, 2.24) is 0 Å². The van der Waals surface area contributed by atoms with E-state index in [1.165, 1.54) is 12.1 Å². The van der Waals surface area contributed by atoms with Crippen molar-refractivity contribution < 1.29 is 8.78 Å². The number of hydrogen-bond acceptors (Lipinski definition) is 1. The lowest BCUT2D eigenvalue weighted by molar-refractivity contribution is 0.521. The molecule has 6 heteroatoms. The molecule has 1 unspecified atom stereocenters. The van der Waals surface area contributed by atoms with Crippen LogP contribution in [0, 0.1) is 11.6 Å². The summed E-state index contributed by atoms with van der Waals surface area (Å²) in [6, 6.07) is 6.65. The molecule has 0 bridgehead atoms. The highest BCUT2D eigenvalue weighted by atomic mass is 79.9. The molecule has 0 aliphatic rings. The minimum atomic E-state index is -0.815. The predicted molar refractivity (Wildman–Crippen MR) is 81.2 cm³/mol. The van der Waals surface area contributed by atoms with Crippen LogP contribution in [0.3, 0.4) is 0 Å². The Bertz CT molecular complexity index is 649. The Morgan fingerprint density at radius 1 is 1.10 bits per heavy atom. The number of nitrogens with two attached hydrogens (primary N) is 1. The fraction of sp³-hybridized carbons (Fsp3) is 0.143. The van der Waals surface area contributed by atoms with Gasteiger partial charge in [0, 0.05) is 11.6 Å². The monoisotopic (exact) mass is 379 g/mol. The summed E-state index contributed by atoms with van der Waals surface area (Å²) in [6.07, 6.45) is 0.251. The first-order chi connectivity index (χ1) is 9.40. The van der Waals surface area contributed by atoms with Gasteiger partial charge in [-0.25, -0.2) is 8.78 Å². The van der Waals surface area contributed by atoms with E-state index < -0.39 is 17.7 Å². The zero-order chi connectivity index (χ0) is 14.9. The van der Waals surface area contributed by atoms with Gasteiger partial charge in [0.15, 0.2) is 0 Å². The number of hydrogen-bond donors (Lipinski definition) is 1. The molecule has 0 saturated carbocycles. The second kappa shape index (κ2) is 6.39. The maximum atomic E-state index is 13.9. The summed E-state index contributed by atoms with van der Waals surface area (Å²) in [7, 11) is 0. The Kier molecular flexibility index (Phi) is 5.02. The van der Waals surface area contributed by atoms with Crippen molar-refractivity contribution >= 4 is 39.1 Å². The van der Waals surface area contributed by atoms with Gasteiger partial charge in [0.25, 0.3) is 0 Å². The van der Waals surface area contributed by atoms with E-state index in [2.05, 4.69) is 15.9 Å². The Balaban J connectivity index is 2.30. The van der Waals surface area contributed by atoms with Crippen molar-refractivity contribution in [3.05, 3.63) is 67.6 Å². The lowest BCUT2D eigenvalue weighted by Crippen LogP contribution is -2.17. The molecule has 0 heterocycles. The van der Waals surface area contributed by atoms with Crippen molar-refractivity contribution in [2.45, 2.75) is 12.5 Å². The molecule has 0 amide bonds. The van der Waals surface area contributed by atoms with E-state index in [-0.39, 0.29) is 16.5 Å². The summed E-state index contributed by atoms with van der Waals surface area (Å²) in [5.74, 6) is -1.35. The van der Waals surface area contributed by atoms with Crippen molar-refractivity contribution in [3.63, 3.8) is 0 Å². The Labute approximate surface area is 133 Å². The van der Waals surface area contributed by atoms with Crippen molar-refractivity contribution in [2.24, 2.45) is 5.73 Å². The maximum absolute atomic E-state index is 13.9. The molecule has 20 heavy (non-hydrogen) atoms. The third-order valence-electron chi connectivity index (χ3n) is 2.89. The van der Waals surface area contributed by atoms with Gasteiger partial charge in [-0.15, -0.1) is 0 Å². The lowest BCUT2D eigenvalue weighted by atomic mass is 9.99. The van der Waals surface area contributed by atoms with Gasteiger partial charge < -0.3 is 5.73 Å². The van der Waals surface area contributed by atoms with E-state index in [9.17, 15) is 8.78 Å². The van der Waals surface area contributed by atoms with Crippen molar-refractivity contribution in [2.75, 3.05) is 0 Å². The average molecular weight is 381 g/mol. The van der Waals surface area contributed by atoms with E-state index in [0.717, 1.165) is 5.56 Å². The zero-order valence-electron chi connectivity index (χ0n) is 10.1. The van der Waals surface area contributed by atoms with Crippen LogP contribution in [0.1, 0.15) is 17.2 Å². The minimum absolute atomic E-state index is 0.148. The molecule has 2 rings (SSSR count). The van der Waals surface area contributed by atoms with Crippen molar-refractivity contribution in [3.8, 4) is 0 Å². The molecule has 2 aromatic carbocycles. The molecular weight excluding hydrogens is 371 g/mol. The van der Waals surface area contributed by atoms with E-state index >= 15 is 0 Å². The third-order valence-corrected chi connectivity index (χ3v) is 4.24. The summed E-state index contributed by atoms with van der Waals surface area (Å²) >= 11 is 14.7. The Morgan fingerprint density at radius 2 is 1.80 bits per heavy atom. The van der Waals surface area contributed by atoms with Gasteiger partial charge in [0.1, 0.15) is 11.6 Å². The predicted octanol–water partition coefficient (Wildman–Crippen LogP) is 5.28. The summed E-state index contributed by atoms with van der Waals surface area (Å²) in [4.78, 5) is 0. The molecule has 0 saturated heterocycles. The van der Waals surface area contributed by atoms with Gasteiger partial charge in [0.05, 0.1) is 14.5 Å². The fourth-order valence-corrected chi connectivity index (χ4v) is 2.57. The maximum Gasteiger partial charge on any atom is 0.145 e. The van der Waals surface area contributed by atoms with E-state index in [4.69, 9.17) is 28.9 Å². The van der Waals surface area contributed by atoms with E-state index in [1.54, 1.807) is 18.2 Å². The number of halogens is 5. The molecule has 0 radical (unpaired) electrons. The molecule has 0 aromatic heterocycles. The van der Waals surface area contributed by atoms with Crippen LogP contribution in [0.25, 0.3) is 0 Å². The summed E-state index contributed by atoms with van der Waals surface area (Å²) in [5, 5.41) is 0.801. The third kappa shape index (κ3) is 3.31.